The monoisotopic (exact) mass is 491 g/mol. The van der Waals surface area contributed by atoms with Gasteiger partial charge in [0.2, 0.25) is 6.41 Å². The Morgan fingerprint density at radius 3 is 2.53 bits per heavy atom. The van der Waals surface area contributed by atoms with Crippen LogP contribution in [0.15, 0.2) is 70.8 Å². The molecule has 36 heavy (non-hydrogen) atoms. The molecule has 0 aromatic heterocycles. The molecule has 0 aliphatic carbocycles. The number of para-hydroxylation sites is 2. The van der Waals surface area contributed by atoms with Gasteiger partial charge in [-0.1, -0.05) is 69.2 Å². The number of methoxy groups -OCH3 is 1. The van der Waals surface area contributed by atoms with Crippen LogP contribution < -0.4 is 11.5 Å². The molecule has 1 heterocycles. The summed E-state index contributed by atoms with van der Waals surface area (Å²) in [5.41, 5.74) is 15.1. The molecule has 1 aliphatic rings. The molecule has 194 valence electrons. The lowest BCUT2D eigenvalue weighted by Gasteiger charge is -2.24. The van der Waals surface area contributed by atoms with E-state index >= 15 is 0 Å². The summed E-state index contributed by atoms with van der Waals surface area (Å²) in [6, 6.07) is 15.1. The van der Waals surface area contributed by atoms with Crippen molar-refractivity contribution in [2.24, 2.45) is 27.6 Å². The molecular weight excluding hydrogens is 450 g/mol. The third-order valence-corrected chi connectivity index (χ3v) is 6.25. The maximum absolute atomic E-state index is 11.2. The van der Waals surface area contributed by atoms with Crippen molar-refractivity contribution >= 4 is 29.8 Å². The number of hydrogen-bond donors (Lipinski definition) is 2. The minimum Gasteiger partial charge on any atom is -0.397 e. The van der Waals surface area contributed by atoms with Gasteiger partial charge in [-0.25, -0.2) is 4.99 Å². The third-order valence-electron chi connectivity index (χ3n) is 6.25. The van der Waals surface area contributed by atoms with Gasteiger partial charge in [0.15, 0.2) is 0 Å². The van der Waals surface area contributed by atoms with Crippen molar-refractivity contribution in [2.75, 3.05) is 19.4 Å². The van der Waals surface area contributed by atoms with E-state index in [0.717, 1.165) is 43.3 Å². The molecular formula is C29H41N5O2. The SMILES string of the molecule is CCCCCN(C=O)Cc1ccc(C(N)=Nc2ccccc2N)cc1.COC(C)C1C=CN=CC1C. The number of amidine groups is 1. The van der Waals surface area contributed by atoms with E-state index in [-0.39, 0.29) is 6.10 Å². The second-order valence-corrected chi connectivity index (χ2v) is 9.05. The van der Waals surface area contributed by atoms with E-state index in [1.807, 2.05) is 54.9 Å². The van der Waals surface area contributed by atoms with E-state index in [1.165, 1.54) is 0 Å². The van der Waals surface area contributed by atoms with Gasteiger partial charge in [-0.05, 0) is 31.0 Å². The Balaban J connectivity index is 0.000000346. The Bertz CT molecular complexity index is 1020. The van der Waals surface area contributed by atoms with Gasteiger partial charge < -0.3 is 21.1 Å². The molecule has 3 atom stereocenters. The van der Waals surface area contributed by atoms with Crippen molar-refractivity contribution < 1.29 is 9.53 Å². The number of rotatable bonds is 11. The van der Waals surface area contributed by atoms with Crippen LogP contribution in [-0.2, 0) is 16.1 Å². The molecule has 1 aliphatic heterocycles. The fourth-order valence-electron chi connectivity index (χ4n) is 3.88. The normalized spacial score (nSPS) is 17.7. The first-order valence-electron chi connectivity index (χ1n) is 12.6. The standard InChI is InChI=1S/C20H26N4O.C9H15NO/c1-2-3-6-13-24(15-25)14-16-9-11-17(12-10-16)20(22)23-19-8-5-4-7-18(19)21;1-7-6-10-5-4-9(7)8(2)11-3/h4-5,7-12,15H,2-3,6,13-14,21H2,1H3,(H2,22,23);4-9H,1-3H3. The largest absolute Gasteiger partial charge is 0.397 e. The quantitative estimate of drug-likeness (QED) is 0.146. The Morgan fingerprint density at radius 2 is 1.92 bits per heavy atom. The van der Waals surface area contributed by atoms with E-state index in [2.05, 4.69) is 36.8 Å². The topological polar surface area (TPSA) is 106 Å². The number of nitrogens with two attached hydrogens (primary N) is 2. The second kappa shape index (κ2) is 15.5. The van der Waals surface area contributed by atoms with Crippen molar-refractivity contribution in [3.05, 3.63) is 71.9 Å². The Labute approximate surface area is 216 Å². The molecule has 7 nitrogen and oxygen atoms in total. The summed E-state index contributed by atoms with van der Waals surface area (Å²) in [7, 11) is 1.75. The Morgan fingerprint density at radius 1 is 1.19 bits per heavy atom. The summed E-state index contributed by atoms with van der Waals surface area (Å²) in [5.74, 6) is 1.40. The summed E-state index contributed by atoms with van der Waals surface area (Å²) in [6.45, 7) is 7.79. The van der Waals surface area contributed by atoms with Crippen molar-refractivity contribution in [1.29, 1.82) is 0 Å². The zero-order valence-electron chi connectivity index (χ0n) is 22.0. The van der Waals surface area contributed by atoms with Crippen LogP contribution in [-0.4, -0.2) is 43.1 Å². The molecule has 0 bridgehead atoms. The lowest BCUT2D eigenvalue weighted by Crippen LogP contribution is -2.26. The molecule has 3 rings (SSSR count). The van der Waals surface area contributed by atoms with Crippen molar-refractivity contribution in [2.45, 2.75) is 52.7 Å². The zero-order valence-corrected chi connectivity index (χ0v) is 22.0. The second-order valence-electron chi connectivity index (χ2n) is 9.05. The van der Waals surface area contributed by atoms with Crippen LogP contribution in [0, 0.1) is 11.8 Å². The number of aliphatic imine (C=N–C) groups is 2. The van der Waals surface area contributed by atoms with E-state index in [9.17, 15) is 4.79 Å². The molecule has 0 saturated heterocycles. The maximum Gasteiger partial charge on any atom is 0.210 e. The molecule has 3 unspecified atom stereocenters. The molecule has 0 saturated carbocycles. The number of nitrogens with zero attached hydrogens (tertiary/aromatic N) is 3. The van der Waals surface area contributed by atoms with Crippen LogP contribution in [0.5, 0.6) is 0 Å². The van der Waals surface area contributed by atoms with Gasteiger partial charge in [-0.15, -0.1) is 0 Å². The van der Waals surface area contributed by atoms with Gasteiger partial charge in [0.25, 0.3) is 0 Å². The fraction of sp³-hybridized carbons (Fsp3) is 0.414. The summed E-state index contributed by atoms with van der Waals surface area (Å²) in [5, 5.41) is 0. The average molecular weight is 492 g/mol. The van der Waals surface area contributed by atoms with Gasteiger partial charge in [-0.2, -0.15) is 0 Å². The fourth-order valence-corrected chi connectivity index (χ4v) is 3.88. The van der Waals surface area contributed by atoms with Gasteiger partial charge in [-0.3, -0.25) is 9.79 Å². The molecule has 1 amide bonds. The highest BCUT2D eigenvalue weighted by Crippen LogP contribution is 2.22. The number of ether oxygens (including phenoxy) is 1. The number of nitrogen functional groups attached to an aromatic ring is 1. The first kappa shape index (κ1) is 28.8. The lowest BCUT2D eigenvalue weighted by molar-refractivity contribution is -0.118. The minimum atomic E-state index is 0.285. The molecule has 2 aromatic carbocycles. The number of hydrogen-bond acceptors (Lipinski definition) is 5. The van der Waals surface area contributed by atoms with Crippen LogP contribution >= 0.6 is 0 Å². The van der Waals surface area contributed by atoms with Crippen LogP contribution in [0.2, 0.25) is 0 Å². The van der Waals surface area contributed by atoms with Crippen LogP contribution in [0.25, 0.3) is 0 Å². The predicted octanol–water partition coefficient (Wildman–Crippen LogP) is 5.33. The van der Waals surface area contributed by atoms with Crippen LogP contribution in [0.4, 0.5) is 11.4 Å². The average Bonchev–Trinajstić information content (AvgIpc) is 2.90. The number of amides is 1. The van der Waals surface area contributed by atoms with Crippen molar-refractivity contribution in [3.8, 4) is 0 Å². The van der Waals surface area contributed by atoms with Crippen LogP contribution in [0.1, 0.15) is 51.2 Å². The van der Waals surface area contributed by atoms with Gasteiger partial charge >= 0.3 is 0 Å². The number of carbonyl (C=O) groups is 1. The number of anilines is 1. The summed E-state index contributed by atoms with van der Waals surface area (Å²) in [4.78, 5) is 21.4. The highest BCUT2D eigenvalue weighted by Gasteiger charge is 2.20. The zero-order chi connectivity index (χ0) is 26.3. The number of carbonyl (C=O) groups excluding carboxylic acids is 1. The summed E-state index contributed by atoms with van der Waals surface area (Å²) < 4.78 is 5.25. The van der Waals surface area contributed by atoms with E-state index in [0.29, 0.717) is 35.6 Å². The Hall–Kier alpha value is -3.45. The first-order valence-corrected chi connectivity index (χ1v) is 12.6. The molecule has 0 spiro atoms. The van der Waals surface area contributed by atoms with E-state index in [4.69, 9.17) is 16.2 Å². The molecule has 7 heteroatoms. The summed E-state index contributed by atoms with van der Waals surface area (Å²) in [6.07, 6.45) is 10.4. The summed E-state index contributed by atoms with van der Waals surface area (Å²) >= 11 is 0. The maximum atomic E-state index is 11.2. The predicted molar refractivity (Wildman–Crippen MR) is 150 cm³/mol. The van der Waals surface area contributed by atoms with Crippen LogP contribution in [0.3, 0.4) is 0 Å². The molecule has 4 N–H and O–H groups in total. The van der Waals surface area contributed by atoms with Crippen molar-refractivity contribution in [1.82, 2.24) is 4.90 Å². The third kappa shape index (κ3) is 9.30. The number of unbranched alkanes of at least 4 members (excludes halogenated alkanes) is 2. The van der Waals surface area contributed by atoms with Gasteiger partial charge in [0.05, 0.1) is 17.5 Å². The lowest BCUT2D eigenvalue weighted by atomic mass is 9.89. The Kier molecular flexibility index (Phi) is 12.4. The number of benzene rings is 2. The van der Waals surface area contributed by atoms with E-state index in [1.54, 1.807) is 18.1 Å². The highest BCUT2D eigenvalue weighted by atomic mass is 16.5. The first-order chi connectivity index (χ1) is 17.4. The molecule has 0 fully saturated rings. The minimum absolute atomic E-state index is 0.285. The van der Waals surface area contributed by atoms with Crippen molar-refractivity contribution in [3.63, 3.8) is 0 Å². The molecule has 2 aromatic rings. The molecule has 0 radical (unpaired) electrons. The highest BCUT2D eigenvalue weighted by molar-refractivity contribution is 5.99. The van der Waals surface area contributed by atoms with E-state index < -0.39 is 0 Å². The smallest absolute Gasteiger partial charge is 0.210 e. The van der Waals surface area contributed by atoms with Gasteiger partial charge in [0.1, 0.15) is 5.84 Å². The van der Waals surface area contributed by atoms with Gasteiger partial charge in [0, 0.05) is 50.0 Å².